The van der Waals surface area contributed by atoms with E-state index >= 15 is 0 Å². The molecular formula is C16H19ClN2O3. The second-order valence-electron chi connectivity index (χ2n) is 6.23. The smallest absolute Gasteiger partial charge is 0.227 e. The second kappa shape index (κ2) is 5.89. The summed E-state index contributed by atoms with van der Waals surface area (Å²) in [5.74, 6) is -0.572. The third kappa shape index (κ3) is 2.96. The molecule has 2 amide bonds. The average Bonchev–Trinajstić information content (AvgIpc) is 3.21. The van der Waals surface area contributed by atoms with Crippen molar-refractivity contribution in [3.8, 4) is 0 Å². The number of aliphatic hydroxyl groups is 1. The summed E-state index contributed by atoms with van der Waals surface area (Å²) >= 11 is 6.12. The number of carbonyl (C=O) groups is 2. The average molecular weight is 323 g/mol. The topological polar surface area (TPSA) is 69.6 Å². The molecule has 2 fully saturated rings. The van der Waals surface area contributed by atoms with Gasteiger partial charge < -0.3 is 15.3 Å². The van der Waals surface area contributed by atoms with Crippen LogP contribution in [0.4, 0.5) is 5.69 Å². The van der Waals surface area contributed by atoms with E-state index in [4.69, 9.17) is 11.6 Å². The van der Waals surface area contributed by atoms with Crippen LogP contribution in [0.2, 0.25) is 5.02 Å². The van der Waals surface area contributed by atoms with Gasteiger partial charge in [0.15, 0.2) is 0 Å². The Labute approximate surface area is 134 Å². The Morgan fingerprint density at radius 3 is 2.77 bits per heavy atom. The fourth-order valence-electron chi connectivity index (χ4n) is 2.77. The van der Waals surface area contributed by atoms with E-state index in [1.165, 1.54) is 0 Å². The molecule has 3 rings (SSSR count). The van der Waals surface area contributed by atoms with Gasteiger partial charge in [-0.05, 0) is 25.0 Å². The fraction of sp³-hybridized carbons (Fsp3) is 0.500. The summed E-state index contributed by atoms with van der Waals surface area (Å²) in [6.45, 7) is 0.933. The second-order valence-corrected chi connectivity index (χ2v) is 6.64. The number of hydrogen-bond donors (Lipinski definition) is 2. The number of hydrogen-bond acceptors (Lipinski definition) is 3. The lowest BCUT2D eigenvalue weighted by atomic mass is 10.1. The van der Waals surface area contributed by atoms with Gasteiger partial charge in [0.2, 0.25) is 11.8 Å². The van der Waals surface area contributed by atoms with Crippen LogP contribution in [0.5, 0.6) is 0 Å². The molecule has 2 aliphatic rings. The maximum atomic E-state index is 12.2. The summed E-state index contributed by atoms with van der Waals surface area (Å²) in [7, 11) is 0. The summed E-state index contributed by atoms with van der Waals surface area (Å²) in [5.41, 5.74) is 0.527. The van der Waals surface area contributed by atoms with E-state index in [1.54, 1.807) is 23.1 Å². The standard InChI is InChI=1S/C16H19ClN2O3/c17-12-3-1-2-4-13(12)19-8-11(7-14(19)21)15(22)18-9-16(10-20)5-6-16/h1-4,11,20H,5-10H2,(H,18,22). The summed E-state index contributed by atoms with van der Waals surface area (Å²) in [5, 5.41) is 12.7. The Hall–Kier alpha value is -1.59. The zero-order chi connectivity index (χ0) is 15.7. The number of para-hydroxylation sites is 1. The Morgan fingerprint density at radius 2 is 2.14 bits per heavy atom. The number of halogens is 1. The molecule has 0 bridgehead atoms. The van der Waals surface area contributed by atoms with Gasteiger partial charge in [-0.2, -0.15) is 0 Å². The maximum Gasteiger partial charge on any atom is 0.227 e. The fourth-order valence-corrected chi connectivity index (χ4v) is 3.01. The molecule has 6 heteroatoms. The van der Waals surface area contributed by atoms with Crippen LogP contribution in [0, 0.1) is 11.3 Å². The molecule has 1 aromatic carbocycles. The number of amides is 2. The first kappa shape index (κ1) is 15.3. The minimum atomic E-state index is -0.363. The van der Waals surface area contributed by atoms with E-state index < -0.39 is 0 Å². The molecule has 0 spiro atoms. The summed E-state index contributed by atoms with van der Waals surface area (Å²) < 4.78 is 0. The first-order chi connectivity index (χ1) is 10.5. The number of nitrogens with one attached hydrogen (secondary N) is 1. The molecule has 1 aliphatic carbocycles. The van der Waals surface area contributed by atoms with Gasteiger partial charge >= 0.3 is 0 Å². The maximum absolute atomic E-state index is 12.2. The van der Waals surface area contributed by atoms with Crippen molar-refractivity contribution in [1.82, 2.24) is 5.32 Å². The lowest BCUT2D eigenvalue weighted by Gasteiger charge is -2.18. The van der Waals surface area contributed by atoms with E-state index in [2.05, 4.69) is 5.32 Å². The van der Waals surface area contributed by atoms with Crippen LogP contribution in [0.3, 0.4) is 0 Å². The summed E-state index contributed by atoms with van der Waals surface area (Å²) in [6, 6.07) is 7.14. The highest BCUT2D eigenvalue weighted by atomic mass is 35.5. The Balaban J connectivity index is 1.62. The number of carbonyl (C=O) groups excluding carboxylic acids is 2. The molecule has 22 heavy (non-hydrogen) atoms. The van der Waals surface area contributed by atoms with Crippen LogP contribution in [-0.4, -0.2) is 36.6 Å². The zero-order valence-electron chi connectivity index (χ0n) is 12.2. The van der Waals surface area contributed by atoms with Crippen molar-refractivity contribution < 1.29 is 14.7 Å². The predicted molar refractivity (Wildman–Crippen MR) is 83.7 cm³/mol. The van der Waals surface area contributed by atoms with Crippen molar-refractivity contribution >= 4 is 29.1 Å². The van der Waals surface area contributed by atoms with Crippen molar-refractivity contribution in [2.45, 2.75) is 19.3 Å². The van der Waals surface area contributed by atoms with Gasteiger partial charge in [0.05, 0.1) is 23.2 Å². The number of rotatable bonds is 5. The van der Waals surface area contributed by atoms with Crippen LogP contribution in [-0.2, 0) is 9.59 Å². The van der Waals surface area contributed by atoms with E-state index in [-0.39, 0.29) is 36.2 Å². The van der Waals surface area contributed by atoms with Gasteiger partial charge in [-0.1, -0.05) is 23.7 Å². The molecule has 1 aromatic rings. The molecule has 2 N–H and O–H groups in total. The van der Waals surface area contributed by atoms with Crippen molar-refractivity contribution in [2.24, 2.45) is 11.3 Å². The van der Waals surface area contributed by atoms with E-state index in [9.17, 15) is 14.7 Å². The molecule has 1 aliphatic heterocycles. The van der Waals surface area contributed by atoms with E-state index in [1.807, 2.05) is 6.07 Å². The predicted octanol–water partition coefficient (Wildman–Crippen LogP) is 1.58. The highest BCUT2D eigenvalue weighted by Crippen LogP contribution is 2.44. The first-order valence-corrected chi connectivity index (χ1v) is 7.86. The monoisotopic (exact) mass is 322 g/mol. The Morgan fingerprint density at radius 1 is 1.41 bits per heavy atom. The van der Waals surface area contributed by atoms with Crippen LogP contribution in [0.1, 0.15) is 19.3 Å². The van der Waals surface area contributed by atoms with Gasteiger partial charge in [0.1, 0.15) is 0 Å². The molecule has 1 saturated carbocycles. The lowest BCUT2D eigenvalue weighted by Crippen LogP contribution is -2.37. The molecule has 118 valence electrons. The van der Waals surface area contributed by atoms with Gasteiger partial charge in [-0.25, -0.2) is 0 Å². The van der Waals surface area contributed by atoms with Crippen molar-refractivity contribution in [3.05, 3.63) is 29.3 Å². The highest BCUT2D eigenvalue weighted by molar-refractivity contribution is 6.33. The van der Waals surface area contributed by atoms with Crippen LogP contribution < -0.4 is 10.2 Å². The molecule has 1 unspecified atom stereocenters. The third-order valence-corrected chi connectivity index (χ3v) is 4.89. The summed E-state index contributed by atoms with van der Waals surface area (Å²) in [4.78, 5) is 26.0. The third-order valence-electron chi connectivity index (χ3n) is 4.57. The Bertz CT molecular complexity index is 601. The zero-order valence-corrected chi connectivity index (χ0v) is 13.0. The van der Waals surface area contributed by atoms with Gasteiger partial charge in [0.25, 0.3) is 0 Å². The largest absolute Gasteiger partial charge is 0.396 e. The molecule has 0 radical (unpaired) electrons. The normalized spacial score (nSPS) is 22.7. The number of anilines is 1. The van der Waals surface area contributed by atoms with Gasteiger partial charge in [-0.3, -0.25) is 9.59 Å². The van der Waals surface area contributed by atoms with Crippen LogP contribution in [0.15, 0.2) is 24.3 Å². The van der Waals surface area contributed by atoms with Crippen molar-refractivity contribution in [1.29, 1.82) is 0 Å². The first-order valence-electron chi connectivity index (χ1n) is 7.48. The number of aliphatic hydroxyl groups excluding tert-OH is 1. The number of benzene rings is 1. The SMILES string of the molecule is O=C(NCC1(CO)CC1)C1CC(=O)N(c2ccccc2Cl)C1. The highest BCUT2D eigenvalue weighted by Gasteiger charge is 2.43. The van der Waals surface area contributed by atoms with Crippen molar-refractivity contribution in [2.75, 3.05) is 24.6 Å². The molecule has 1 saturated heterocycles. The molecule has 1 heterocycles. The molecule has 5 nitrogen and oxygen atoms in total. The molecule has 1 atom stereocenters. The minimum Gasteiger partial charge on any atom is -0.396 e. The summed E-state index contributed by atoms with van der Waals surface area (Å²) in [6.07, 6.45) is 2.08. The van der Waals surface area contributed by atoms with Gasteiger partial charge in [0, 0.05) is 24.9 Å². The van der Waals surface area contributed by atoms with Crippen LogP contribution in [0.25, 0.3) is 0 Å². The number of nitrogens with zero attached hydrogens (tertiary/aromatic N) is 1. The minimum absolute atomic E-state index is 0.0865. The lowest BCUT2D eigenvalue weighted by molar-refractivity contribution is -0.126. The van der Waals surface area contributed by atoms with E-state index in [0.29, 0.717) is 23.8 Å². The molecule has 0 aromatic heterocycles. The van der Waals surface area contributed by atoms with Gasteiger partial charge in [-0.15, -0.1) is 0 Å². The quantitative estimate of drug-likeness (QED) is 0.864. The van der Waals surface area contributed by atoms with Crippen LogP contribution >= 0.6 is 11.6 Å². The van der Waals surface area contributed by atoms with E-state index in [0.717, 1.165) is 12.8 Å². The Kier molecular flexibility index (Phi) is 4.10. The molecular weight excluding hydrogens is 304 g/mol. The van der Waals surface area contributed by atoms with Crippen molar-refractivity contribution in [3.63, 3.8) is 0 Å².